The Morgan fingerprint density at radius 3 is 2.65 bits per heavy atom. The molecule has 1 aromatic carbocycles. The zero-order chi connectivity index (χ0) is 15.1. The molecule has 0 aliphatic rings. The number of non-ortho nitro benzene ring substituents is 1. The Hall–Kier alpha value is -1.66. The fraction of sp³-hybridized carbons (Fsp3) is 0.571. The van der Waals surface area contributed by atoms with Gasteiger partial charge in [-0.05, 0) is 25.5 Å². The molecule has 2 N–H and O–H groups in total. The third-order valence-corrected chi connectivity index (χ3v) is 2.60. The van der Waals surface area contributed by atoms with Gasteiger partial charge in [-0.15, -0.1) is 0 Å². The average molecular weight is 282 g/mol. The Morgan fingerprint density at radius 1 is 1.40 bits per heavy atom. The molecule has 0 fully saturated rings. The van der Waals surface area contributed by atoms with Crippen molar-refractivity contribution in [1.82, 2.24) is 5.32 Å². The van der Waals surface area contributed by atoms with E-state index in [4.69, 9.17) is 4.74 Å². The molecular formula is C14H22N2O4. The monoisotopic (exact) mass is 282 g/mol. The van der Waals surface area contributed by atoms with Crippen LogP contribution in [0.25, 0.3) is 0 Å². The van der Waals surface area contributed by atoms with Crippen molar-refractivity contribution in [3.05, 3.63) is 33.9 Å². The lowest BCUT2D eigenvalue weighted by Crippen LogP contribution is -2.20. The topological polar surface area (TPSA) is 84.6 Å². The summed E-state index contributed by atoms with van der Waals surface area (Å²) < 4.78 is 5.48. The van der Waals surface area contributed by atoms with E-state index in [0.717, 1.165) is 12.1 Å². The average Bonchev–Trinajstić information content (AvgIpc) is 2.36. The molecule has 0 aromatic heterocycles. The first-order valence-electron chi connectivity index (χ1n) is 6.69. The van der Waals surface area contributed by atoms with E-state index in [0.29, 0.717) is 18.2 Å². The quantitative estimate of drug-likeness (QED) is 0.563. The zero-order valence-electron chi connectivity index (χ0n) is 12.1. The molecule has 0 aliphatic heterocycles. The molecule has 0 spiro atoms. The lowest BCUT2D eigenvalue weighted by atomic mass is 10.1. The molecule has 1 rings (SSSR count). The van der Waals surface area contributed by atoms with E-state index in [1.165, 1.54) is 12.1 Å². The van der Waals surface area contributed by atoms with E-state index < -0.39 is 11.0 Å². The molecule has 1 aromatic rings. The predicted molar refractivity (Wildman–Crippen MR) is 76.8 cm³/mol. The van der Waals surface area contributed by atoms with Gasteiger partial charge in [0.1, 0.15) is 12.4 Å². The summed E-state index contributed by atoms with van der Waals surface area (Å²) in [7, 11) is 0. The van der Waals surface area contributed by atoms with Crippen LogP contribution in [0.3, 0.4) is 0 Å². The van der Waals surface area contributed by atoms with Crippen molar-refractivity contribution in [2.45, 2.75) is 33.4 Å². The van der Waals surface area contributed by atoms with Gasteiger partial charge in [0.25, 0.3) is 5.69 Å². The van der Waals surface area contributed by atoms with Gasteiger partial charge in [-0.2, -0.15) is 0 Å². The fourth-order valence-corrected chi connectivity index (χ4v) is 1.66. The summed E-state index contributed by atoms with van der Waals surface area (Å²) >= 11 is 0. The van der Waals surface area contributed by atoms with Crippen LogP contribution in [-0.4, -0.2) is 29.3 Å². The maximum Gasteiger partial charge on any atom is 0.270 e. The van der Waals surface area contributed by atoms with Crippen molar-refractivity contribution in [2.24, 2.45) is 5.92 Å². The van der Waals surface area contributed by atoms with Gasteiger partial charge in [0.15, 0.2) is 0 Å². The Labute approximate surface area is 118 Å². The third-order valence-electron chi connectivity index (χ3n) is 2.60. The van der Waals surface area contributed by atoms with Gasteiger partial charge in [0.05, 0.1) is 11.0 Å². The Balaban J connectivity index is 2.82. The number of hydrogen-bond donors (Lipinski definition) is 2. The van der Waals surface area contributed by atoms with Crippen LogP contribution in [0.5, 0.6) is 5.75 Å². The van der Waals surface area contributed by atoms with Crippen LogP contribution in [0.15, 0.2) is 18.2 Å². The number of benzene rings is 1. The van der Waals surface area contributed by atoms with Crippen molar-refractivity contribution in [2.75, 3.05) is 13.2 Å². The van der Waals surface area contributed by atoms with Gasteiger partial charge in [-0.25, -0.2) is 0 Å². The lowest BCUT2D eigenvalue weighted by Gasteiger charge is -2.14. The minimum Gasteiger partial charge on any atom is -0.491 e. The van der Waals surface area contributed by atoms with E-state index >= 15 is 0 Å². The van der Waals surface area contributed by atoms with Gasteiger partial charge in [0, 0.05) is 24.2 Å². The van der Waals surface area contributed by atoms with Crippen molar-refractivity contribution in [3.63, 3.8) is 0 Å². The summed E-state index contributed by atoms with van der Waals surface area (Å²) in [5.74, 6) is 1.06. The Morgan fingerprint density at radius 2 is 2.10 bits per heavy atom. The summed E-state index contributed by atoms with van der Waals surface area (Å²) in [6.45, 7) is 7.28. The molecule has 0 bridgehead atoms. The number of aliphatic hydroxyl groups is 1. The molecule has 0 saturated heterocycles. The molecule has 20 heavy (non-hydrogen) atoms. The van der Waals surface area contributed by atoms with Gasteiger partial charge >= 0.3 is 0 Å². The Kier molecular flexibility index (Phi) is 6.41. The standard InChI is InChI=1S/C14H22N2O4/c1-10(2)7-15-8-12-6-13(16(18)19)4-5-14(12)20-9-11(3)17/h4-6,10-11,15,17H,7-9H2,1-3H3. The lowest BCUT2D eigenvalue weighted by molar-refractivity contribution is -0.384. The molecule has 112 valence electrons. The van der Waals surface area contributed by atoms with Crippen LogP contribution >= 0.6 is 0 Å². The second kappa shape index (κ2) is 7.81. The van der Waals surface area contributed by atoms with Crippen molar-refractivity contribution in [1.29, 1.82) is 0 Å². The van der Waals surface area contributed by atoms with E-state index in [1.54, 1.807) is 13.0 Å². The number of nitro groups is 1. The van der Waals surface area contributed by atoms with Gasteiger partial charge in [-0.3, -0.25) is 10.1 Å². The maximum atomic E-state index is 10.8. The highest BCUT2D eigenvalue weighted by Crippen LogP contribution is 2.24. The van der Waals surface area contributed by atoms with Crippen LogP contribution in [0.1, 0.15) is 26.3 Å². The first-order chi connectivity index (χ1) is 9.40. The van der Waals surface area contributed by atoms with Gasteiger partial charge in [0.2, 0.25) is 0 Å². The molecular weight excluding hydrogens is 260 g/mol. The number of rotatable bonds is 8. The van der Waals surface area contributed by atoms with Crippen molar-refractivity contribution < 1.29 is 14.8 Å². The largest absolute Gasteiger partial charge is 0.491 e. The summed E-state index contributed by atoms with van der Waals surface area (Å²) in [6, 6.07) is 4.49. The fourth-order valence-electron chi connectivity index (χ4n) is 1.66. The molecule has 6 nitrogen and oxygen atoms in total. The predicted octanol–water partition coefficient (Wildman–Crippen LogP) is 2.10. The number of ether oxygens (including phenoxy) is 1. The molecule has 0 radical (unpaired) electrons. The normalized spacial score (nSPS) is 12.4. The van der Waals surface area contributed by atoms with Gasteiger partial charge in [-0.1, -0.05) is 13.8 Å². The van der Waals surface area contributed by atoms with Crippen molar-refractivity contribution >= 4 is 5.69 Å². The number of aliphatic hydroxyl groups excluding tert-OH is 1. The summed E-state index contributed by atoms with van der Waals surface area (Å²) in [4.78, 5) is 10.4. The second-order valence-corrected chi connectivity index (χ2v) is 5.23. The van der Waals surface area contributed by atoms with Crippen LogP contribution < -0.4 is 10.1 Å². The number of hydrogen-bond acceptors (Lipinski definition) is 5. The highest BCUT2D eigenvalue weighted by molar-refractivity contribution is 5.43. The molecule has 0 heterocycles. The number of nitro benzene ring substituents is 1. The number of nitrogens with zero attached hydrogens (tertiary/aromatic N) is 1. The van der Waals surface area contributed by atoms with Crippen molar-refractivity contribution in [3.8, 4) is 5.75 Å². The summed E-state index contributed by atoms with van der Waals surface area (Å²) in [6.07, 6.45) is -0.582. The van der Waals surface area contributed by atoms with Crippen LogP contribution in [0.2, 0.25) is 0 Å². The molecule has 0 aliphatic carbocycles. The molecule has 1 atom stereocenters. The molecule has 0 amide bonds. The molecule has 1 unspecified atom stereocenters. The minimum absolute atomic E-state index is 0.0377. The third kappa shape index (κ3) is 5.54. The minimum atomic E-state index is -0.582. The van der Waals surface area contributed by atoms with Crippen LogP contribution in [0, 0.1) is 16.0 Å². The first-order valence-corrected chi connectivity index (χ1v) is 6.69. The van der Waals surface area contributed by atoms with Crippen LogP contribution in [-0.2, 0) is 6.54 Å². The second-order valence-electron chi connectivity index (χ2n) is 5.23. The smallest absolute Gasteiger partial charge is 0.270 e. The molecule has 6 heteroatoms. The highest BCUT2D eigenvalue weighted by atomic mass is 16.6. The summed E-state index contributed by atoms with van der Waals surface area (Å²) in [5, 5.41) is 23.3. The zero-order valence-corrected chi connectivity index (χ0v) is 12.1. The Bertz CT molecular complexity index is 447. The highest BCUT2D eigenvalue weighted by Gasteiger charge is 2.12. The van der Waals surface area contributed by atoms with E-state index in [2.05, 4.69) is 19.2 Å². The van der Waals surface area contributed by atoms with Crippen LogP contribution in [0.4, 0.5) is 5.69 Å². The van der Waals surface area contributed by atoms with Gasteiger partial charge < -0.3 is 15.2 Å². The first kappa shape index (κ1) is 16.4. The molecule has 0 saturated carbocycles. The maximum absolute atomic E-state index is 10.8. The number of nitrogens with one attached hydrogen (secondary N) is 1. The SMILES string of the molecule is CC(C)CNCc1cc([N+](=O)[O-])ccc1OCC(C)O. The van der Waals surface area contributed by atoms with E-state index in [-0.39, 0.29) is 12.3 Å². The van der Waals surface area contributed by atoms with E-state index in [1.807, 2.05) is 0 Å². The van der Waals surface area contributed by atoms with E-state index in [9.17, 15) is 15.2 Å². The summed E-state index contributed by atoms with van der Waals surface area (Å²) in [5.41, 5.74) is 0.760.